The van der Waals surface area contributed by atoms with Crippen molar-refractivity contribution in [2.24, 2.45) is 0 Å². The molecular formula is C16H14N4O3S. The van der Waals surface area contributed by atoms with Crippen molar-refractivity contribution in [3.8, 4) is 5.69 Å². The van der Waals surface area contributed by atoms with Gasteiger partial charge in [0, 0.05) is 5.56 Å². The van der Waals surface area contributed by atoms with Gasteiger partial charge in [0.15, 0.2) is 5.78 Å². The molecule has 0 amide bonds. The fraction of sp³-hybridized carbons (Fsp3) is 0.0625. The van der Waals surface area contributed by atoms with Gasteiger partial charge in [0.1, 0.15) is 12.7 Å². The van der Waals surface area contributed by atoms with Crippen molar-refractivity contribution in [3.63, 3.8) is 0 Å². The minimum Gasteiger partial charge on any atom is -0.295 e. The highest BCUT2D eigenvalue weighted by Crippen LogP contribution is 2.22. The molecule has 1 heterocycles. The second-order valence-corrected chi connectivity index (χ2v) is 6.73. The topological polar surface area (TPSA) is 94.0 Å². The van der Waals surface area contributed by atoms with Crippen LogP contribution in [0.5, 0.6) is 0 Å². The Morgan fingerprint density at radius 3 is 2.42 bits per heavy atom. The molecule has 0 fully saturated rings. The summed E-state index contributed by atoms with van der Waals surface area (Å²) in [6, 6.07) is 12.6. The van der Waals surface area contributed by atoms with Gasteiger partial charge < -0.3 is 0 Å². The number of ketones is 1. The molecule has 3 aromatic rings. The number of hydrogen-bond donors (Lipinski definition) is 1. The summed E-state index contributed by atoms with van der Waals surface area (Å²) in [5, 5.41) is 4.01. The molecule has 8 heteroatoms. The van der Waals surface area contributed by atoms with E-state index in [0.717, 1.165) is 0 Å². The van der Waals surface area contributed by atoms with Crippen LogP contribution in [0.2, 0.25) is 0 Å². The molecule has 0 unspecified atom stereocenters. The molecule has 0 aliphatic heterocycles. The summed E-state index contributed by atoms with van der Waals surface area (Å²) < 4.78 is 29.1. The van der Waals surface area contributed by atoms with E-state index in [1.807, 2.05) is 0 Å². The lowest BCUT2D eigenvalue weighted by Crippen LogP contribution is -2.15. The highest BCUT2D eigenvalue weighted by Gasteiger charge is 2.17. The van der Waals surface area contributed by atoms with Gasteiger partial charge >= 0.3 is 0 Å². The monoisotopic (exact) mass is 342 g/mol. The molecule has 0 radical (unpaired) electrons. The molecule has 7 nitrogen and oxygen atoms in total. The van der Waals surface area contributed by atoms with E-state index in [-0.39, 0.29) is 10.7 Å². The number of carbonyl (C=O) groups excluding carboxylic acids is 1. The highest BCUT2D eigenvalue weighted by atomic mass is 32.2. The lowest BCUT2D eigenvalue weighted by Gasteiger charge is -2.12. The second-order valence-electron chi connectivity index (χ2n) is 5.04. The third-order valence-electron chi connectivity index (χ3n) is 3.39. The van der Waals surface area contributed by atoms with Crippen molar-refractivity contribution in [2.45, 2.75) is 11.8 Å². The molecule has 24 heavy (non-hydrogen) atoms. The fourth-order valence-electron chi connectivity index (χ4n) is 2.16. The van der Waals surface area contributed by atoms with E-state index >= 15 is 0 Å². The average Bonchev–Trinajstić information content (AvgIpc) is 3.09. The molecule has 3 rings (SSSR count). The van der Waals surface area contributed by atoms with Crippen molar-refractivity contribution in [1.82, 2.24) is 14.8 Å². The lowest BCUT2D eigenvalue weighted by molar-refractivity contribution is 0.101. The van der Waals surface area contributed by atoms with E-state index in [1.54, 1.807) is 24.3 Å². The molecule has 0 bridgehead atoms. The van der Waals surface area contributed by atoms with Crippen molar-refractivity contribution in [1.29, 1.82) is 0 Å². The van der Waals surface area contributed by atoms with Gasteiger partial charge in [-0.1, -0.05) is 24.3 Å². The van der Waals surface area contributed by atoms with E-state index in [2.05, 4.69) is 14.8 Å². The minimum absolute atomic E-state index is 0.0703. The highest BCUT2D eigenvalue weighted by molar-refractivity contribution is 7.92. The van der Waals surface area contributed by atoms with Crippen LogP contribution in [0.25, 0.3) is 5.69 Å². The number of benzene rings is 2. The molecule has 1 aromatic heterocycles. The lowest BCUT2D eigenvalue weighted by atomic mass is 10.2. The van der Waals surface area contributed by atoms with E-state index in [9.17, 15) is 13.2 Å². The van der Waals surface area contributed by atoms with Gasteiger partial charge in [0.2, 0.25) is 0 Å². The van der Waals surface area contributed by atoms with Crippen LogP contribution in [0.3, 0.4) is 0 Å². The predicted octanol–water partition coefficient (Wildman–Crippen LogP) is 2.27. The molecule has 0 atom stereocenters. The number of nitrogens with zero attached hydrogens (tertiary/aromatic N) is 3. The largest absolute Gasteiger partial charge is 0.295 e. The van der Waals surface area contributed by atoms with Crippen LogP contribution in [0.1, 0.15) is 17.3 Å². The Kier molecular flexibility index (Phi) is 4.13. The quantitative estimate of drug-likeness (QED) is 0.718. The molecule has 122 valence electrons. The number of nitrogens with one attached hydrogen (secondary N) is 1. The van der Waals surface area contributed by atoms with Crippen LogP contribution in [-0.4, -0.2) is 29.0 Å². The zero-order valence-corrected chi connectivity index (χ0v) is 13.6. The normalized spacial score (nSPS) is 11.2. The minimum atomic E-state index is -3.79. The van der Waals surface area contributed by atoms with E-state index in [1.165, 1.54) is 48.5 Å². The Labute approximate surface area is 139 Å². The van der Waals surface area contributed by atoms with Gasteiger partial charge in [-0.15, -0.1) is 0 Å². The standard InChI is InChI=1S/C16H14N4O3S/c1-12(21)13-6-8-14(9-7-13)24(22,23)19-15-4-2-3-5-16(15)20-11-17-10-18-20/h2-11,19H,1H3. The van der Waals surface area contributed by atoms with Gasteiger partial charge in [0.05, 0.1) is 16.3 Å². The Hall–Kier alpha value is -3.00. The third-order valence-corrected chi connectivity index (χ3v) is 4.77. The van der Waals surface area contributed by atoms with Crippen LogP contribution in [0.4, 0.5) is 5.69 Å². The van der Waals surface area contributed by atoms with E-state index in [4.69, 9.17) is 0 Å². The Morgan fingerprint density at radius 1 is 1.08 bits per heavy atom. The van der Waals surface area contributed by atoms with Crippen molar-refractivity contribution in [2.75, 3.05) is 4.72 Å². The van der Waals surface area contributed by atoms with Crippen molar-refractivity contribution < 1.29 is 13.2 Å². The number of hydrogen-bond acceptors (Lipinski definition) is 5. The second kappa shape index (κ2) is 6.25. The molecule has 0 aliphatic carbocycles. The van der Waals surface area contributed by atoms with Crippen molar-refractivity contribution in [3.05, 3.63) is 66.7 Å². The van der Waals surface area contributed by atoms with Crippen LogP contribution in [-0.2, 0) is 10.0 Å². The smallest absolute Gasteiger partial charge is 0.261 e. The zero-order chi connectivity index (χ0) is 17.2. The van der Waals surface area contributed by atoms with E-state index < -0.39 is 10.0 Å². The first-order chi connectivity index (χ1) is 11.5. The maximum atomic E-state index is 12.6. The molecule has 0 aliphatic rings. The summed E-state index contributed by atoms with van der Waals surface area (Å²) in [4.78, 5) is 15.2. The number of Topliss-reactive ketones (excluding diaryl/α,β-unsaturated/α-hetero) is 1. The van der Waals surface area contributed by atoms with Crippen LogP contribution >= 0.6 is 0 Å². The van der Waals surface area contributed by atoms with Gasteiger partial charge in [-0.05, 0) is 31.2 Å². The molecule has 0 saturated carbocycles. The summed E-state index contributed by atoms with van der Waals surface area (Å²) in [6.45, 7) is 1.43. The Bertz CT molecular complexity index is 965. The SMILES string of the molecule is CC(=O)c1ccc(S(=O)(=O)Nc2ccccc2-n2cncn2)cc1. The van der Waals surface area contributed by atoms with Gasteiger partial charge in [-0.3, -0.25) is 9.52 Å². The number of anilines is 1. The number of aromatic nitrogens is 3. The first kappa shape index (κ1) is 15.9. The van der Waals surface area contributed by atoms with Crippen molar-refractivity contribution >= 4 is 21.5 Å². The fourth-order valence-corrected chi connectivity index (χ4v) is 3.24. The average molecular weight is 342 g/mol. The van der Waals surface area contributed by atoms with Crippen LogP contribution < -0.4 is 4.72 Å². The Morgan fingerprint density at radius 2 is 1.79 bits per heavy atom. The number of rotatable bonds is 5. The first-order valence-electron chi connectivity index (χ1n) is 7.05. The van der Waals surface area contributed by atoms with Crippen LogP contribution in [0, 0.1) is 0 Å². The maximum absolute atomic E-state index is 12.6. The summed E-state index contributed by atoms with van der Waals surface area (Å²) >= 11 is 0. The maximum Gasteiger partial charge on any atom is 0.261 e. The summed E-state index contributed by atoms with van der Waals surface area (Å²) in [7, 11) is -3.79. The molecule has 1 N–H and O–H groups in total. The number of sulfonamides is 1. The summed E-state index contributed by atoms with van der Waals surface area (Å²) in [5.74, 6) is -0.122. The van der Waals surface area contributed by atoms with Crippen LogP contribution in [0.15, 0.2) is 66.1 Å². The van der Waals surface area contributed by atoms with E-state index in [0.29, 0.717) is 16.9 Å². The van der Waals surface area contributed by atoms with Gasteiger partial charge in [0.25, 0.3) is 10.0 Å². The first-order valence-corrected chi connectivity index (χ1v) is 8.53. The van der Waals surface area contributed by atoms with Gasteiger partial charge in [-0.2, -0.15) is 5.10 Å². The van der Waals surface area contributed by atoms with Gasteiger partial charge in [-0.25, -0.2) is 18.1 Å². The molecule has 2 aromatic carbocycles. The molecule has 0 spiro atoms. The predicted molar refractivity (Wildman–Crippen MR) is 88.6 cm³/mol. The summed E-state index contributed by atoms with van der Waals surface area (Å²) in [6.07, 6.45) is 2.85. The Balaban J connectivity index is 1.94. The zero-order valence-electron chi connectivity index (χ0n) is 12.7. The third kappa shape index (κ3) is 3.18. The summed E-state index contributed by atoms with van der Waals surface area (Å²) in [5.41, 5.74) is 1.38. The molecule has 0 saturated heterocycles. The number of carbonyl (C=O) groups is 1. The molecular weight excluding hydrogens is 328 g/mol. The number of para-hydroxylation sites is 2.